The molecular formula is C25H25N3O2S. The fourth-order valence-corrected chi connectivity index (χ4v) is 5.24. The first-order valence-electron chi connectivity index (χ1n) is 10.7. The maximum absolute atomic E-state index is 12.8. The number of rotatable bonds is 5. The summed E-state index contributed by atoms with van der Waals surface area (Å²) in [5.74, 6) is 0.121. The van der Waals surface area contributed by atoms with E-state index in [-0.39, 0.29) is 5.91 Å². The number of aromatic nitrogens is 2. The molecular weight excluding hydrogens is 406 g/mol. The number of hydrogen-bond donors (Lipinski definition) is 1. The second-order valence-electron chi connectivity index (χ2n) is 7.72. The lowest BCUT2D eigenvalue weighted by molar-refractivity contribution is -0.134. The summed E-state index contributed by atoms with van der Waals surface area (Å²) in [5, 5.41) is 2.03. The van der Waals surface area contributed by atoms with Crippen molar-refractivity contribution in [3.05, 3.63) is 65.3 Å². The second-order valence-corrected chi connectivity index (χ2v) is 8.80. The van der Waals surface area contributed by atoms with Crippen molar-refractivity contribution in [2.75, 3.05) is 26.3 Å². The number of fused-ring (bicyclic) bond motifs is 1. The molecule has 2 aromatic carbocycles. The highest BCUT2D eigenvalue weighted by atomic mass is 32.1. The molecule has 0 radical (unpaired) electrons. The van der Waals surface area contributed by atoms with Crippen molar-refractivity contribution in [3.8, 4) is 21.7 Å². The number of aryl methyl sites for hydroxylation is 1. The molecule has 5 nitrogen and oxygen atoms in total. The van der Waals surface area contributed by atoms with Crippen LogP contribution in [-0.2, 0) is 22.4 Å². The van der Waals surface area contributed by atoms with E-state index in [2.05, 4.69) is 48.4 Å². The molecule has 0 atom stereocenters. The van der Waals surface area contributed by atoms with Gasteiger partial charge in [-0.15, -0.1) is 11.3 Å². The van der Waals surface area contributed by atoms with Crippen LogP contribution in [0.3, 0.4) is 0 Å². The SMILES string of the molecule is CCc1cccc2c(-c3nc(CC(=O)N4CCOCC4)sc3-c3ccccc3)c[nH]c12. The minimum absolute atomic E-state index is 0.121. The summed E-state index contributed by atoms with van der Waals surface area (Å²) in [6.07, 6.45) is 3.35. The molecule has 1 N–H and O–H groups in total. The lowest BCUT2D eigenvalue weighted by Gasteiger charge is -2.26. The van der Waals surface area contributed by atoms with Gasteiger partial charge in [0.05, 0.1) is 30.2 Å². The molecule has 6 heteroatoms. The molecule has 1 saturated heterocycles. The molecule has 1 amide bonds. The van der Waals surface area contributed by atoms with Crippen LogP contribution < -0.4 is 0 Å². The Bertz CT molecular complexity index is 1210. The van der Waals surface area contributed by atoms with E-state index in [0.717, 1.165) is 38.6 Å². The Kier molecular flexibility index (Phi) is 5.57. The van der Waals surface area contributed by atoms with Gasteiger partial charge in [-0.25, -0.2) is 4.98 Å². The van der Waals surface area contributed by atoms with Gasteiger partial charge in [0.25, 0.3) is 0 Å². The van der Waals surface area contributed by atoms with Gasteiger partial charge in [0.15, 0.2) is 0 Å². The average Bonchev–Trinajstić information content (AvgIpc) is 3.44. The van der Waals surface area contributed by atoms with E-state index in [0.29, 0.717) is 32.7 Å². The molecule has 1 aliphatic rings. The lowest BCUT2D eigenvalue weighted by Crippen LogP contribution is -2.41. The summed E-state index contributed by atoms with van der Waals surface area (Å²) in [5.41, 5.74) is 5.62. The quantitative estimate of drug-likeness (QED) is 0.488. The molecule has 3 heterocycles. The van der Waals surface area contributed by atoms with Gasteiger partial charge in [-0.1, -0.05) is 55.5 Å². The van der Waals surface area contributed by atoms with Crippen LogP contribution in [0.2, 0.25) is 0 Å². The van der Waals surface area contributed by atoms with Crippen LogP contribution in [0.25, 0.3) is 32.6 Å². The largest absolute Gasteiger partial charge is 0.378 e. The number of morpholine rings is 1. The number of thiazole rings is 1. The first-order chi connectivity index (χ1) is 15.2. The average molecular weight is 432 g/mol. The smallest absolute Gasteiger partial charge is 0.229 e. The Labute approximate surface area is 185 Å². The van der Waals surface area contributed by atoms with Crippen LogP contribution in [0.1, 0.15) is 17.5 Å². The predicted molar refractivity (Wildman–Crippen MR) is 125 cm³/mol. The third-order valence-electron chi connectivity index (χ3n) is 5.81. The van der Waals surface area contributed by atoms with Gasteiger partial charge in [-0.3, -0.25) is 4.79 Å². The van der Waals surface area contributed by atoms with E-state index in [1.54, 1.807) is 11.3 Å². The fourth-order valence-electron chi connectivity index (χ4n) is 4.17. The van der Waals surface area contributed by atoms with Gasteiger partial charge >= 0.3 is 0 Å². The number of nitrogens with one attached hydrogen (secondary N) is 1. The first-order valence-corrected chi connectivity index (χ1v) is 11.6. The topological polar surface area (TPSA) is 58.2 Å². The van der Waals surface area contributed by atoms with Gasteiger partial charge in [-0.05, 0) is 17.5 Å². The minimum atomic E-state index is 0.121. The molecule has 1 aliphatic heterocycles. The van der Waals surface area contributed by atoms with Crippen molar-refractivity contribution in [3.63, 3.8) is 0 Å². The van der Waals surface area contributed by atoms with Crippen molar-refractivity contribution in [1.82, 2.24) is 14.9 Å². The van der Waals surface area contributed by atoms with Crippen LogP contribution >= 0.6 is 11.3 Å². The Morgan fingerprint density at radius 2 is 1.94 bits per heavy atom. The number of carbonyl (C=O) groups is 1. The molecule has 31 heavy (non-hydrogen) atoms. The van der Waals surface area contributed by atoms with E-state index in [1.807, 2.05) is 23.1 Å². The van der Waals surface area contributed by atoms with E-state index in [9.17, 15) is 4.79 Å². The van der Waals surface area contributed by atoms with Crippen LogP contribution in [0, 0.1) is 0 Å². The molecule has 0 saturated carbocycles. The highest BCUT2D eigenvalue weighted by Gasteiger charge is 2.22. The number of benzene rings is 2. The second kappa shape index (κ2) is 8.65. The van der Waals surface area contributed by atoms with Gasteiger partial charge in [0.1, 0.15) is 5.01 Å². The summed E-state index contributed by atoms with van der Waals surface area (Å²) >= 11 is 1.62. The fraction of sp³-hybridized carbons (Fsp3) is 0.280. The van der Waals surface area contributed by atoms with Crippen molar-refractivity contribution in [2.45, 2.75) is 19.8 Å². The van der Waals surface area contributed by atoms with Crippen molar-refractivity contribution in [1.29, 1.82) is 0 Å². The monoisotopic (exact) mass is 431 g/mol. The summed E-state index contributed by atoms with van der Waals surface area (Å²) in [6, 6.07) is 16.7. The van der Waals surface area contributed by atoms with Gasteiger partial charge in [0, 0.05) is 35.8 Å². The van der Waals surface area contributed by atoms with Crippen molar-refractivity contribution in [2.24, 2.45) is 0 Å². The van der Waals surface area contributed by atoms with E-state index >= 15 is 0 Å². The van der Waals surface area contributed by atoms with Gasteiger partial charge in [-0.2, -0.15) is 0 Å². The van der Waals surface area contributed by atoms with Crippen LogP contribution in [-0.4, -0.2) is 47.1 Å². The minimum Gasteiger partial charge on any atom is -0.378 e. The molecule has 4 aromatic rings. The third kappa shape index (κ3) is 3.89. The molecule has 1 fully saturated rings. The standard InChI is InChI=1S/C25H25N3O2S/c1-2-17-9-6-10-19-20(16-26-23(17)19)24-25(18-7-4-3-5-8-18)31-21(27-24)15-22(29)28-11-13-30-14-12-28/h3-10,16,26H,2,11-15H2,1H3. The molecule has 5 rings (SSSR count). The molecule has 0 bridgehead atoms. The van der Waals surface area contributed by atoms with Crippen molar-refractivity contribution >= 4 is 28.1 Å². The van der Waals surface area contributed by atoms with Crippen LogP contribution in [0.15, 0.2) is 54.7 Å². The number of para-hydroxylation sites is 1. The van der Waals surface area contributed by atoms with Crippen molar-refractivity contribution < 1.29 is 9.53 Å². The normalized spacial score (nSPS) is 14.3. The maximum atomic E-state index is 12.8. The first kappa shape index (κ1) is 20.0. The Hall–Kier alpha value is -2.96. The zero-order valence-corrected chi connectivity index (χ0v) is 18.4. The highest BCUT2D eigenvalue weighted by Crippen LogP contribution is 2.40. The molecule has 0 unspecified atom stereocenters. The summed E-state index contributed by atoms with van der Waals surface area (Å²) < 4.78 is 5.38. The molecule has 2 aromatic heterocycles. The van der Waals surface area contributed by atoms with Crippen LogP contribution in [0.4, 0.5) is 0 Å². The van der Waals surface area contributed by atoms with Gasteiger partial charge < -0.3 is 14.6 Å². The number of nitrogens with zero attached hydrogens (tertiary/aromatic N) is 2. The number of hydrogen-bond acceptors (Lipinski definition) is 4. The summed E-state index contributed by atoms with van der Waals surface area (Å²) in [4.78, 5) is 24.3. The summed E-state index contributed by atoms with van der Waals surface area (Å²) in [7, 11) is 0. The Morgan fingerprint density at radius 1 is 1.13 bits per heavy atom. The Morgan fingerprint density at radius 3 is 2.71 bits per heavy atom. The maximum Gasteiger partial charge on any atom is 0.229 e. The van der Waals surface area contributed by atoms with E-state index < -0.39 is 0 Å². The molecule has 0 spiro atoms. The van der Waals surface area contributed by atoms with Gasteiger partial charge in [0.2, 0.25) is 5.91 Å². The Balaban J connectivity index is 1.57. The number of H-pyrrole nitrogens is 1. The zero-order chi connectivity index (χ0) is 21.2. The number of amides is 1. The molecule has 158 valence electrons. The molecule has 0 aliphatic carbocycles. The van der Waals surface area contributed by atoms with E-state index in [1.165, 1.54) is 10.9 Å². The third-order valence-corrected chi connectivity index (χ3v) is 6.92. The summed E-state index contributed by atoms with van der Waals surface area (Å²) in [6.45, 7) is 4.71. The lowest BCUT2D eigenvalue weighted by atomic mass is 10.0. The van der Waals surface area contributed by atoms with E-state index in [4.69, 9.17) is 9.72 Å². The zero-order valence-electron chi connectivity index (χ0n) is 17.6. The number of carbonyl (C=O) groups excluding carboxylic acids is 1. The number of ether oxygens (including phenoxy) is 1. The number of aromatic amines is 1. The highest BCUT2D eigenvalue weighted by molar-refractivity contribution is 7.15. The van der Waals surface area contributed by atoms with Crippen LogP contribution in [0.5, 0.6) is 0 Å². The predicted octanol–water partition coefficient (Wildman–Crippen LogP) is 4.92.